The van der Waals surface area contributed by atoms with E-state index in [2.05, 4.69) is 0 Å². The molecule has 2 aromatic rings. The smallest absolute Gasteiger partial charge is 0.248 e. The Morgan fingerprint density at radius 1 is 0.920 bits per heavy atom. The molecule has 0 heterocycles. The molecule has 0 aliphatic heterocycles. The number of ether oxygens (including phenoxy) is 2. The number of methoxy groups -OCH3 is 2. The SMILES string of the molecule is COc1cccc(C=O)c1OC.NC(=O)c1cccc(C(N)=O)c1.[Zn]. The van der Waals surface area contributed by atoms with Crippen molar-refractivity contribution in [2.45, 2.75) is 0 Å². The molecule has 0 radical (unpaired) electrons. The Morgan fingerprint density at radius 2 is 1.44 bits per heavy atom. The van der Waals surface area contributed by atoms with Crippen molar-refractivity contribution in [3.05, 3.63) is 59.2 Å². The average Bonchev–Trinajstić information content (AvgIpc) is 2.61. The Bertz CT molecular complexity index is 720. The van der Waals surface area contributed by atoms with Crippen molar-refractivity contribution in [1.29, 1.82) is 0 Å². The fourth-order valence-electron chi connectivity index (χ4n) is 1.83. The van der Waals surface area contributed by atoms with E-state index in [1.54, 1.807) is 24.3 Å². The third-order valence-corrected chi connectivity index (χ3v) is 2.99. The first-order valence-electron chi connectivity index (χ1n) is 6.80. The summed E-state index contributed by atoms with van der Waals surface area (Å²) in [6, 6.07) is 11.1. The van der Waals surface area contributed by atoms with Crippen LogP contribution in [-0.2, 0) is 19.5 Å². The maximum absolute atomic E-state index is 10.6. The van der Waals surface area contributed by atoms with Crippen LogP contribution in [0, 0.1) is 0 Å². The third kappa shape index (κ3) is 6.35. The van der Waals surface area contributed by atoms with E-state index >= 15 is 0 Å². The average molecular weight is 396 g/mol. The fraction of sp³-hybridized carbons (Fsp3) is 0.118. The van der Waals surface area contributed by atoms with E-state index in [0.29, 0.717) is 17.1 Å². The molecule has 0 bridgehead atoms. The number of benzene rings is 2. The molecule has 2 amide bonds. The number of primary amides is 2. The van der Waals surface area contributed by atoms with E-state index in [9.17, 15) is 14.4 Å². The van der Waals surface area contributed by atoms with Crippen molar-refractivity contribution < 1.29 is 43.3 Å². The van der Waals surface area contributed by atoms with Crippen molar-refractivity contribution in [1.82, 2.24) is 0 Å². The molecule has 0 atom stereocenters. The van der Waals surface area contributed by atoms with E-state index in [0.717, 1.165) is 6.29 Å². The summed E-state index contributed by atoms with van der Waals surface area (Å²) in [4.78, 5) is 31.8. The second-order valence-corrected chi connectivity index (χ2v) is 4.51. The summed E-state index contributed by atoms with van der Waals surface area (Å²) in [5.41, 5.74) is 11.0. The van der Waals surface area contributed by atoms with Crippen LogP contribution in [0.25, 0.3) is 0 Å². The van der Waals surface area contributed by atoms with Gasteiger partial charge in [0, 0.05) is 30.6 Å². The van der Waals surface area contributed by atoms with Crippen LogP contribution < -0.4 is 20.9 Å². The molecule has 2 aromatic carbocycles. The first kappa shape index (κ1) is 22.3. The van der Waals surface area contributed by atoms with Crippen molar-refractivity contribution >= 4 is 18.1 Å². The van der Waals surface area contributed by atoms with Gasteiger partial charge < -0.3 is 20.9 Å². The van der Waals surface area contributed by atoms with Gasteiger partial charge in [-0.25, -0.2) is 0 Å². The number of para-hydroxylation sites is 1. The number of amides is 2. The molecule has 0 unspecified atom stereocenters. The van der Waals surface area contributed by atoms with E-state index < -0.39 is 11.8 Å². The summed E-state index contributed by atoms with van der Waals surface area (Å²) in [7, 11) is 3.04. The number of aldehydes is 1. The molecule has 0 fully saturated rings. The van der Waals surface area contributed by atoms with Gasteiger partial charge in [0.25, 0.3) is 0 Å². The van der Waals surface area contributed by atoms with Crippen LogP contribution in [0.3, 0.4) is 0 Å². The van der Waals surface area contributed by atoms with Crippen LogP contribution in [0.1, 0.15) is 31.1 Å². The molecule has 7 nitrogen and oxygen atoms in total. The molecule has 128 valence electrons. The maximum Gasteiger partial charge on any atom is 0.248 e. The number of carbonyl (C=O) groups is 3. The first-order chi connectivity index (χ1) is 11.4. The number of carbonyl (C=O) groups excluding carboxylic acids is 3. The second-order valence-electron chi connectivity index (χ2n) is 4.51. The number of hydrogen-bond acceptors (Lipinski definition) is 5. The molecule has 0 aromatic heterocycles. The summed E-state index contributed by atoms with van der Waals surface area (Å²) in [5, 5.41) is 0. The topological polar surface area (TPSA) is 122 Å². The van der Waals surface area contributed by atoms with E-state index in [-0.39, 0.29) is 30.6 Å². The van der Waals surface area contributed by atoms with Crippen LogP contribution in [0.5, 0.6) is 11.5 Å². The van der Waals surface area contributed by atoms with Crippen LogP contribution in [0.4, 0.5) is 0 Å². The Hall–Kier alpha value is -2.73. The van der Waals surface area contributed by atoms with Gasteiger partial charge in [-0.1, -0.05) is 12.1 Å². The van der Waals surface area contributed by atoms with Crippen LogP contribution in [0.2, 0.25) is 0 Å². The van der Waals surface area contributed by atoms with Gasteiger partial charge in [0.15, 0.2) is 17.8 Å². The van der Waals surface area contributed by atoms with Crippen molar-refractivity contribution in [2.75, 3.05) is 14.2 Å². The van der Waals surface area contributed by atoms with Crippen molar-refractivity contribution in [3.63, 3.8) is 0 Å². The minimum Gasteiger partial charge on any atom is -0.493 e. The third-order valence-electron chi connectivity index (χ3n) is 2.99. The molecular weight excluding hydrogens is 378 g/mol. The summed E-state index contributed by atoms with van der Waals surface area (Å²) in [6.07, 6.45) is 0.737. The molecule has 25 heavy (non-hydrogen) atoms. The first-order valence-corrected chi connectivity index (χ1v) is 6.80. The Labute approximate surface area is 158 Å². The number of rotatable bonds is 5. The van der Waals surface area contributed by atoms with Gasteiger partial charge in [-0.2, -0.15) is 0 Å². The predicted molar refractivity (Wildman–Crippen MR) is 88.4 cm³/mol. The van der Waals surface area contributed by atoms with E-state index in [1.165, 1.54) is 32.4 Å². The molecule has 0 spiro atoms. The number of hydrogen-bond donors (Lipinski definition) is 2. The van der Waals surface area contributed by atoms with Crippen molar-refractivity contribution in [3.8, 4) is 11.5 Å². The largest absolute Gasteiger partial charge is 0.493 e. The van der Waals surface area contributed by atoms with Crippen LogP contribution in [0.15, 0.2) is 42.5 Å². The van der Waals surface area contributed by atoms with Crippen LogP contribution >= 0.6 is 0 Å². The zero-order valence-corrected chi connectivity index (χ0v) is 17.0. The van der Waals surface area contributed by atoms with Crippen LogP contribution in [-0.4, -0.2) is 32.3 Å². The second kappa shape index (κ2) is 10.9. The van der Waals surface area contributed by atoms with Gasteiger partial charge in [0.2, 0.25) is 11.8 Å². The zero-order chi connectivity index (χ0) is 18.1. The minimum absolute atomic E-state index is 0. The van der Waals surface area contributed by atoms with Crippen molar-refractivity contribution in [2.24, 2.45) is 11.5 Å². The molecule has 8 heteroatoms. The molecule has 0 aliphatic carbocycles. The fourth-order valence-corrected chi connectivity index (χ4v) is 1.83. The summed E-state index contributed by atoms with van der Waals surface area (Å²) < 4.78 is 10.00. The molecule has 4 N–H and O–H groups in total. The van der Waals surface area contributed by atoms with E-state index in [4.69, 9.17) is 20.9 Å². The van der Waals surface area contributed by atoms with Gasteiger partial charge in [0.1, 0.15) is 0 Å². The van der Waals surface area contributed by atoms with Gasteiger partial charge in [-0.15, -0.1) is 0 Å². The minimum atomic E-state index is -0.571. The van der Waals surface area contributed by atoms with Gasteiger partial charge in [-0.05, 0) is 30.3 Å². The summed E-state index contributed by atoms with van der Waals surface area (Å²) in [6.45, 7) is 0. The summed E-state index contributed by atoms with van der Waals surface area (Å²) >= 11 is 0. The summed E-state index contributed by atoms with van der Waals surface area (Å²) in [5.74, 6) is -0.0895. The van der Waals surface area contributed by atoms with E-state index in [1.807, 2.05) is 0 Å². The van der Waals surface area contributed by atoms with Gasteiger partial charge >= 0.3 is 0 Å². The Morgan fingerprint density at radius 3 is 1.84 bits per heavy atom. The normalized spacial score (nSPS) is 8.88. The standard InChI is InChI=1S/C9H10O3.C8H8N2O2.Zn/c1-11-8-5-3-4-7(6-10)9(8)12-2;9-7(11)5-2-1-3-6(4-5)8(10)12;/h3-6H,1-2H3;1-4H,(H2,9,11)(H2,10,12);. The quantitative estimate of drug-likeness (QED) is 0.585. The molecule has 0 saturated carbocycles. The monoisotopic (exact) mass is 394 g/mol. The predicted octanol–water partition coefficient (Wildman–Crippen LogP) is 1.40. The molecular formula is C17H18N2O5Zn. The Balaban J connectivity index is 0.000000443. The van der Waals surface area contributed by atoms with Gasteiger partial charge in [0.05, 0.1) is 19.8 Å². The number of nitrogens with two attached hydrogens (primary N) is 2. The molecule has 0 saturated heterocycles. The maximum atomic E-state index is 10.6. The van der Waals surface area contributed by atoms with Gasteiger partial charge in [-0.3, -0.25) is 14.4 Å². The molecule has 2 rings (SSSR count). The molecule has 0 aliphatic rings. The Kier molecular flexibility index (Phi) is 9.74. The zero-order valence-electron chi connectivity index (χ0n) is 14.0.